The van der Waals surface area contributed by atoms with Gasteiger partial charge in [-0.2, -0.15) is 0 Å². The van der Waals surface area contributed by atoms with Crippen molar-refractivity contribution in [2.75, 3.05) is 13.1 Å². The molecule has 0 saturated carbocycles. The van der Waals surface area contributed by atoms with E-state index in [0.717, 1.165) is 29.6 Å². The number of amides is 1. The Morgan fingerprint density at radius 2 is 1.76 bits per heavy atom. The molecule has 0 unspecified atom stereocenters. The Kier molecular flexibility index (Phi) is 4.24. The SMILES string of the molecule is O=C(c1cnc2ccccc2n1)N1CCC(Oc2ccncc2)CC1. The number of aromatic nitrogens is 3. The fraction of sp³-hybridized carbons (Fsp3) is 0.263. The van der Waals surface area contributed by atoms with E-state index in [1.54, 1.807) is 18.6 Å². The van der Waals surface area contributed by atoms with Crippen LogP contribution < -0.4 is 4.74 Å². The van der Waals surface area contributed by atoms with Gasteiger partial charge in [0.15, 0.2) is 0 Å². The number of benzene rings is 1. The average molecular weight is 334 g/mol. The Morgan fingerprint density at radius 1 is 1.04 bits per heavy atom. The van der Waals surface area contributed by atoms with Crippen molar-refractivity contribution < 1.29 is 9.53 Å². The predicted molar refractivity (Wildman–Crippen MR) is 93.3 cm³/mol. The summed E-state index contributed by atoms with van der Waals surface area (Å²) in [5.74, 6) is 0.751. The number of ether oxygens (including phenoxy) is 1. The number of likely N-dealkylation sites (tertiary alicyclic amines) is 1. The zero-order chi connectivity index (χ0) is 17.1. The minimum atomic E-state index is -0.0689. The molecule has 126 valence electrons. The van der Waals surface area contributed by atoms with E-state index in [-0.39, 0.29) is 12.0 Å². The van der Waals surface area contributed by atoms with Crippen molar-refractivity contribution in [3.05, 3.63) is 60.7 Å². The molecule has 2 aromatic heterocycles. The summed E-state index contributed by atoms with van der Waals surface area (Å²) in [6.45, 7) is 1.31. The van der Waals surface area contributed by atoms with E-state index in [9.17, 15) is 4.79 Å². The third-order valence-corrected chi connectivity index (χ3v) is 4.35. The number of pyridine rings is 1. The first-order chi connectivity index (χ1) is 12.3. The maximum absolute atomic E-state index is 12.7. The molecule has 3 aromatic rings. The third kappa shape index (κ3) is 3.42. The van der Waals surface area contributed by atoms with Gasteiger partial charge in [-0.05, 0) is 24.3 Å². The second-order valence-electron chi connectivity index (χ2n) is 6.04. The molecule has 1 aliphatic heterocycles. The Balaban J connectivity index is 1.40. The van der Waals surface area contributed by atoms with E-state index in [1.165, 1.54) is 0 Å². The molecule has 0 bridgehead atoms. The number of para-hydroxylation sites is 2. The van der Waals surface area contributed by atoms with Crippen molar-refractivity contribution in [1.29, 1.82) is 0 Å². The summed E-state index contributed by atoms with van der Waals surface area (Å²) in [6, 6.07) is 11.3. The van der Waals surface area contributed by atoms with Gasteiger partial charge in [-0.1, -0.05) is 12.1 Å². The van der Waals surface area contributed by atoms with Gasteiger partial charge in [0.05, 0.1) is 17.2 Å². The lowest BCUT2D eigenvalue weighted by atomic mass is 10.1. The Bertz CT molecular complexity index is 877. The first-order valence-electron chi connectivity index (χ1n) is 8.37. The van der Waals surface area contributed by atoms with Gasteiger partial charge in [0.1, 0.15) is 17.5 Å². The number of hydrogen-bond donors (Lipinski definition) is 0. The molecular weight excluding hydrogens is 316 g/mol. The van der Waals surface area contributed by atoms with E-state index in [2.05, 4.69) is 15.0 Å². The smallest absolute Gasteiger partial charge is 0.274 e. The van der Waals surface area contributed by atoms with Crippen molar-refractivity contribution in [2.45, 2.75) is 18.9 Å². The third-order valence-electron chi connectivity index (χ3n) is 4.35. The van der Waals surface area contributed by atoms with Gasteiger partial charge in [-0.15, -0.1) is 0 Å². The Labute approximate surface area is 145 Å². The highest BCUT2D eigenvalue weighted by atomic mass is 16.5. The van der Waals surface area contributed by atoms with Crippen LogP contribution in [0.5, 0.6) is 5.75 Å². The van der Waals surface area contributed by atoms with Crippen LogP contribution in [0.3, 0.4) is 0 Å². The first kappa shape index (κ1) is 15.5. The molecule has 4 rings (SSSR count). The second-order valence-corrected chi connectivity index (χ2v) is 6.04. The van der Waals surface area contributed by atoms with Crippen molar-refractivity contribution in [3.8, 4) is 5.75 Å². The van der Waals surface area contributed by atoms with Gasteiger partial charge in [0.25, 0.3) is 5.91 Å². The number of piperidine rings is 1. The van der Waals surface area contributed by atoms with Crippen LogP contribution in [-0.4, -0.2) is 45.0 Å². The van der Waals surface area contributed by atoms with Crippen LogP contribution in [-0.2, 0) is 0 Å². The average Bonchev–Trinajstić information content (AvgIpc) is 2.68. The van der Waals surface area contributed by atoms with E-state index in [4.69, 9.17) is 4.74 Å². The Hall–Kier alpha value is -3.02. The second kappa shape index (κ2) is 6.84. The lowest BCUT2D eigenvalue weighted by Crippen LogP contribution is -2.42. The highest BCUT2D eigenvalue weighted by Gasteiger charge is 2.25. The summed E-state index contributed by atoms with van der Waals surface area (Å²) in [7, 11) is 0. The summed E-state index contributed by atoms with van der Waals surface area (Å²) >= 11 is 0. The summed E-state index contributed by atoms with van der Waals surface area (Å²) in [5, 5.41) is 0. The highest BCUT2D eigenvalue weighted by Crippen LogP contribution is 2.19. The Morgan fingerprint density at radius 3 is 2.52 bits per heavy atom. The predicted octanol–water partition coefficient (Wildman–Crippen LogP) is 2.71. The summed E-state index contributed by atoms with van der Waals surface area (Å²) < 4.78 is 5.94. The summed E-state index contributed by atoms with van der Waals surface area (Å²) in [6.07, 6.45) is 6.71. The molecule has 1 fully saturated rings. The van der Waals surface area contributed by atoms with Gasteiger partial charge in [-0.25, -0.2) is 4.98 Å². The van der Waals surface area contributed by atoms with Gasteiger partial charge in [0.2, 0.25) is 0 Å². The molecule has 1 aromatic carbocycles. The van der Waals surface area contributed by atoms with Crippen molar-refractivity contribution in [3.63, 3.8) is 0 Å². The van der Waals surface area contributed by atoms with Gasteiger partial charge < -0.3 is 9.64 Å². The minimum absolute atomic E-state index is 0.0689. The molecule has 0 radical (unpaired) electrons. The lowest BCUT2D eigenvalue weighted by molar-refractivity contribution is 0.0590. The number of fused-ring (bicyclic) bond motifs is 1. The lowest BCUT2D eigenvalue weighted by Gasteiger charge is -2.32. The van der Waals surface area contributed by atoms with Gasteiger partial charge in [-0.3, -0.25) is 14.8 Å². The van der Waals surface area contributed by atoms with E-state index < -0.39 is 0 Å². The molecular formula is C19H18N4O2. The zero-order valence-corrected chi connectivity index (χ0v) is 13.7. The molecule has 1 saturated heterocycles. The number of carbonyl (C=O) groups excluding carboxylic acids is 1. The summed E-state index contributed by atoms with van der Waals surface area (Å²) in [5.41, 5.74) is 1.93. The van der Waals surface area contributed by atoms with Gasteiger partial charge >= 0.3 is 0 Å². The van der Waals surface area contributed by atoms with Crippen molar-refractivity contribution >= 4 is 16.9 Å². The maximum atomic E-state index is 12.7. The van der Waals surface area contributed by atoms with Crippen LogP contribution in [0.4, 0.5) is 0 Å². The number of carbonyl (C=O) groups is 1. The largest absolute Gasteiger partial charge is 0.490 e. The number of rotatable bonds is 3. The van der Waals surface area contributed by atoms with Crippen LogP contribution in [0.15, 0.2) is 55.0 Å². The molecule has 0 spiro atoms. The molecule has 1 aliphatic rings. The molecule has 0 aliphatic carbocycles. The highest BCUT2D eigenvalue weighted by molar-refractivity contribution is 5.93. The quantitative estimate of drug-likeness (QED) is 0.737. The molecule has 6 heteroatoms. The van der Waals surface area contributed by atoms with Gasteiger partial charge in [0, 0.05) is 38.3 Å². The summed E-state index contributed by atoms with van der Waals surface area (Å²) in [4.78, 5) is 27.3. The molecule has 0 N–H and O–H groups in total. The fourth-order valence-corrected chi connectivity index (χ4v) is 3.01. The van der Waals surface area contributed by atoms with Crippen molar-refractivity contribution in [2.24, 2.45) is 0 Å². The topological polar surface area (TPSA) is 68.2 Å². The molecule has 1 amide bonds. The molecule has 25 heavy (non-hydrogen) atoms. The van der Waals surface area contributed by atoms with Crippen LogP contribution in [0.25, 0.3) is 11.0 Å². The van der Waals surface area contributed by atoms with Crippen LogP contribution in [0.2, 0.25) is 0 Å². The van der Waals surface area contributed by atoms with Crippen LogP contribution in [0.1, 0.15) is 23.3 Å². The zero-order valence-electron chi connectivity index (χ0n) is 13.7. The first-order valence-corrected chi connectivity index (χ1v) is 8.37. The molecule has 3 heterocycles. The van der Waals surface area contributed by atoms with E-state index in [1.807, 2.05) is 41.3 Å². The monoisotopic (exact) mass is 334 g/mol. The minimum Gasteiger partial charge on any atom is -0.490 e. The van der Waals surface area contributed by atoms with E-state index >= 15 is 0 Å². The fourth-order valence-electron chi connectivity index (χ4n) is 3.01. The van der Waals surface area contributed by atoms with E-state index in [0.29, 0.717) is 18.8 Å². The maximum Gasteiger partial charge on any atom is 0.274 e. The standard InChI is InChI=1S/C19H18N4O2/c24-19(18-13-21-16-3-1-2-4-17(16)22-18)23-11-7-15(8-12-23)25-14-5-9-20-10-6-14/h1-6,9-10,13,15H,7-8,11-12H2. The normalized spacial score (nSPS) is 15.3. The van der Waals surface area contributed by atoms with Crippen LogP contribution in [0, 0.1) is 0 Å². The molecule has 0 atom stereocenters. The van der Waals surface area contributed by atoms with Crippen molar-refractivity contribution in [1.82, 2.24) is 19.9 Å². The number of nitrogens with zero attached hydrogens (tertiary/aromatic N) is 4. The van der Waals surface area contributed by atoms with Crippen LogP contribution >= 0.6 is 0 Å². The number of hydrogen-bond acceptors (Lipinski definition) is 5. The molecule has 6 nitrogen and oxygen atoms in total.